The summed E-state index contributed by atoms with van der Waals surface area (Å²) in [5, 5.41) is -1.23. The Labute approximate surface area is 85.6 Å². The second kappa shape index (κ2) is 4.01. The molecule has 0 aliphatic carbocycles. The van der Waals surface area contributed by atoms with E-state index in [1.807, 2.05) is 0 Å². The molecule has 0 bridgehead atoms. The average Bonchev–Trinajstić information content (AvgIpc) is 2.05. The lowest BCUT2D eigenvalue weighted by Gasteiger charge is -2.07. The lowest BCUT2D eigenvalue weighted by molar-refractivity contribution is -0.276. The molecule has 1 aromatic heterocycles. The number of hydrogen-bond donors (Lipinski definition) is 0. The highest BCUT2D eigenvalue weighted by atomic mass is 35.5. The van der Waals surface area contributed by atoms with Crippen LogP contribution < -0.4 is 4.74 Å². The van der Waals surface area contributed by atoms with Crippen molar-refractivity contribution >= 4 is 16.8 Å². The first-order valence-corrected chi connectivity index (χ1v) is 3.78. The summed E-state index contributed by atoms with van der Waals surface area (Å²) in [6.07, 6.45) is -4.55. The first-order valence-electron chi connectivity index (χ1n) is 3.41. The van der Waals surface area contributed by atoms with E-state index in [1.165, 1.54) is 0 Å². The second-order valence-corrected chi connectivity index (χ2v) is 2.67. The van der Waals surface area contributed by atoms with E-state index in [9.17, 15) is 22.4 Å². The molecule has 82 valence electrons. The van der Waals surface area contributed by atoms with Gasteiger partial charge < -0.3 is 4.74 Å². The fourth-order valence-corrected chi connectivity index (χ4v) is 0.889. The van der Waals surface area contributed by atoms with Crippen LogP contribution in [-0.4, -0.2) is 16.6 Å². The Kier molecular flexibility index (Phi) is 3.13. The van der Waals surface area contributed by atoms with Crippen molar-refractivity contribution in [3.8, 4) is 5.88 Å². The van der Waals surface area contributed by atoms with Crippen LogP contribution in [0.5, 0.6) is 5.88 Å². The lowest BCUT2D eigenvalue weighted by atomic mass is 10.3. The first kappa shape index (κ1) is 11.7. The maximum absolute atomic E-state index is 12.7. The highest BCUT2D eigenvalue weighted by Gasteiger charge is 2.32. The third kappa shape index (κ3) is 3.35. The van der Waals surface area contributed by atoms with Gasteiger partial charge in [-0.05, 0) is 11.6 Å². The van der Waals surface area contributed by atoms with E-state index in [0.29, 0.717) is 12.3 Å². The molecule has 1 heterocycles. The van der Waals surface area contributed by atoms with Crippen LogP contribution in [0.4, 0.5) is 17.6 Å². The molecule has 0 N–H and O–H groups in total. The van der Waals surface area contributed by atoms with E-state index in [0.717, 1.165) is 0 Å². The van der Waals surface area contributed by atoms with Crippen molar-refractivity contribution in [3.05, 3.63) is 23.6 Å². The number of pyridine rings is 1. The lowest BCUT2D eigenvalue weighted by Crippen LogP contribution is -2.18. The molecule has 0 unspecified atom stereocenters. The van der Waals surface area contributed by atoms with Gasteiger partial charge in [-0.15, -0.1) is 13.2 Å². The zero-order chi connectivity index (χ0) is 11.6. The molecule has 0 radical (unpaired) electrons. The average molecular weight is 244 g/mol. The van der Waals surface area contributed by atoms with Gasteiger partial charge in [0, 0.05) is 6.07 Å². The van der Waals surface area contributed by atoms with Crippen LogP contribution in [0, 0.1) is 5.82 Å². The summed E-state index contributed by atoms with van der Waals surface area (Å²) in [4.78, 5) is 13.5. The molecule has 0 saturated carbocycles. The van der Waals surface area contributed by atoms with Gasteiger partial charge in [0.05, 0.1) is 11.8 Å². The quantitative estimate of drug-likeness (QED) is 0.592. The summed E-state index contributed by atoms with van der Waals surface area (Å²) < 4.78 is 51.2. The van der Waals surface area contributed by atoms with Crippen LogP contribution in [0.2, 0.25) is 0 Å². The molecule has 0 saturated heterocycles. The maximum Gasteiger partial charge on any atom is 0.574 e. The number of hydrogen-bond acceptors (Lipinski definition) is 3. The van der Waals surface area contributed by atoms with Crippen LogP contribution in [0.15, 0.2) is 12.3 Å². The number of halogens is 5. The van der Waals surface area contributed by atoms with E-state index in [4.69, 9.17) is 11.6 Å². The van der Waals surface area contributed by atoms with Gasteiger partial charge in [0.2, 0.25) is 5.88 Å². The van der Waals surface area contributed by atoms with Crippen molar-refractivity contribution in [2.45, 2.75) is 6.36 Å². The molecule has 0 aliphatic heterocycles. The molecule has 1 rings (SSSR count). The molecule has 8 heteroatoms. The van der Waals surface area contributed by atoms with E-state index >= 15 is 0 Å². The highest BCUT2D eigenvalue weighted by Crippen LogP contribution is 2.22. The number of carbonyl (C=O) groups excluding carboxylic acids is 1. The SMILES string of the molecule is O=C(Cl)c1cc(OC(F)(F)F)ncc1F. The smallest absolute Gasteiger partial charge is 0.388 e. The van der Waals surface area contributed by atoms with Crippen molar-refractivity contribution in [1.82, 2.24) is 4.98 Å². The Morgan fingerprint density at radius 2 is 2.07 bits per heavy atom. The Balaban J connectivity index is 3.03. The standard InChI is InChI=1S/C7H2ClF4NO2/c8-6(14)3-1-5(13-2-4(3)9)15-7(10,11)12/h1-2H. The number of ether oxygens (including phenoxy) is 1. The van der Waals surface area contributed by atoms with E-state index in [1.54, 1.807) is 0 Å². The van der Waals surface area contributed by atoms with Gasteiger partial charge in [0.15, 0.2) is 5.82 Å². The normalized spacial score (nSPS) is 11.3. The van der Waals surface area contributed by atoms with Crippen molar-refractivity contribution in [3.63, 3.8) is 0 Å². The summed E-state index contributed by atoms with van der Waals surface area (Å²) in [7, 11) is 0. The Morgan fingerprint density at radius 3 is 2.53 bits per heavy atom. The third-order valence-corrected chi connectivity index (χ3v) is 1.47. The molecule has 3 nitrogen and oxygen atoms in total. The van der Waals surface area contributed by atoms with Gasteiger partial charge in [-0.25, -0.2) is 9.37 Å². The first-order chi connectivity index (χ1) is 6.79. The fourth-order valence-electron chi connectivity index (χ4n) is 0.745. The summed E-state index contributed by atoms with van der Waals surface area (Å²) in [6, 6.07) is 0.470. The molecule has 1 aromatic rings. The van der Waals surface area contributed by atoms with Gasteiger partial charge in [0.25, 0.3) is 5.24 Å². The van der Waals surface area contributed by atoms with E-state index in [-0.39, 0.29) is 0 Å². The zero-order valence-electron chi connectivity index (χ0n) is 6.81. The van der Waals surface area contributed by atoms with Crippen molar-refractivity contribution in [2.24, 2.45) is 0 Å². The van der Waals surface area contributed by atoms with E-state index < -0.39 is 28.9 Å². The van der Waals surface area contributed by atoms with Gasteiger partial charge in [0.1, 0.15) is 0 Å². The minimum absolute atomic E-state index is 0.413. The molecule has 0 amide bonds. The molecular formula is C7H2ClF4NO2. The topological polar surface area (TPSA) is 39.2 Å². The van der Waals surface area contributed by atoms with Crippen LogP contribution >= 0.6 is 11.6 Å². The monoisotopic (exact) mass is 243 g/mol. The van der Waals surface area contributed by atoms with Crippen molar-refractivity contribution in [2.75, 3.05) is 0 Å². The highest BCUT2D eigenvalue weighted by molar-refractivity contribution is 6.67. The van der Waals surface area contributed by atoms with Crippen molar-refractivity contribution < 1.29 is 27.1 Å². The van der Waals surface area contributed by atoms with Crippen LogP contribution in [-0.2, 0) is 0 Å². The largest absolute Gasteiger partial charge is 0.574 e. The van der Waals surface area contributed by atoms with E-state index in [2.05, 4.69) is 9.72 Å². The van der Waals surface area contributed by atoms with Gasteiger partial charge >= 0.3 is 6.36 Å². The Morgan fingerprint density at radius 1 is 1.47 bits per heavy atom. The van der Waals surface area contributed by atoms with Crippen LogP contribution in [0.3, 0.4) is 0 Å². The van der Waals surface area contributed by atoms with Crippen molar-refractivity contribution in [1.29, 1.82) is 0 Å². The van der Waals surface area contributed by atoms with Gasteiger partial charge in [-0.1, -0.05) is 0 Å². The predicted molar refractivity (Wildman–Crippen MR) is 41.1 cm³/mol. The molecule has 0 atom stereocenters. The molecule has 0 spiro atoms. The predicted octanol–water partition coefficient (Wildman–Crippen LogP) is 2.50. The number of alkyl halides is 3. The maximum atomic E-state index is 12.7. The fraction of sp³-hybridized carbons (Fsp3) is 0.143. The number of aromatic nitrogens is 1. The summed E-state index contributed by atoms with van der Waals surface area (Å²) in [6.45, 7) is 0. The molecule has 0 aromatic carbocycles. The third-order valence-electron chi connectivity index (χ3n) is 1.26. The summed E-state index contributed by atoms with van der Waals surface area (Å²) in [5.41, 5.74) is -0.731. The Hall–Kier alpha value is -1.37. The molecule has 0 fully saturated rings. The molecule has 0 aliphatic rings. The minimum atomic E-state index is -4.96. The minimum Gasteiger partial charge on any atom is -0.388 e. The van der Waals surface area contributed by atoms with Gasteiger partial charge in [-0.2, -0.15) is 0 Å². The molecular weight excluding hydrogens is 242 g/mol. The number of rotatable bonds is 2. The number of carbonyl (C=O) groups is 1. The Bertz CT molecular complexity index is 393. The summed E-state index contributed by atoms with van der Waals surface area (Å²) in [5.74, 6) is -2.07. The zero-order valence-corrected chi connectivity index (χ0v) is 7.56. The number of nitrogens with zero attached hydrogens (tertiary/aromatic N) is 1. The van der Waals surface area contributed by atoms with Crippen LogP contribution in [0.1, 0.15) is 10.4 Å². The van der Waals surface area contributed by atoms with Gasteiger partial charge in [-0.3, -0.25) is 4.79 Å². The molecule has 15 heavy (non-hydrogen) atoms. The second-order valence-electron chi connectivity index (χ2n) is 2.32. The summed E-state index contributed by atoms with van der Waals surface area (Å²) >= 11 is 4.91. The van der Waals surface area contributed by atoms with Crippen LogP contribution in [0.25, 0.3) is 0 Å².